The van der Waals surface area contributed by atoms with Crippen molar-refractivity contribution < 1.29 is 9.53 Å². The van der Waals surface area contributed by atoms with E-state index in [0.717, 1.165) is 56.2 Å². The number of ketones is 1. The molecule has 0 aliphatic carbocycles. The van der Waals surface area contributed by atoms with Gasteiger partial charge in [0.2, 0.25) is 0 Å². The number of hydrogen-bond acceptors (Lipinski definition) is 4. The highest BCUT2D eigenvalue weighted by Gasteiger charge is 2.27. The number of methoxy groups -OCH3 is 1. The van der Waals surface area contributed by atoms with Gasteiger partial charge >= 0.3 is 0 Å². The maximum absolute atomic E-state index is 12.8. The fraction of sp³-hybridized carbons (Fsp3) is 0.474. The summed E-state index contributed by atoms with van der Waals surface area (Å²) in [6, 6.07) is 7.47. The molecule has 1 saturated heterocycles. The van der Waals surface area contributed by atoms with Gasteiger partial charge < -0.3 is 9.30 Å². The number of aromatic nitrogens is 2. The molecule has 1 fully saturated rings. The second-order valence-electron chi connectivity index (χ2n) is 6.30. The number of hydrogen-bond donors (Lipinski definition) is 0. The molecular weight excluding hydrogens is 302 g/mol. The molecule has 1 aromatic carbocycles. The minimum absolute atomic E-state index is 0.0518. The van der Waals surface area contributed by atoms with Crippen LogP contribution in [0.2, 0.25) is 0 Å². The Bertz CT molecular complexity index is 695. The molecule has 0 spiro atoms. The van der Waals surface area contributed by atoms with Gasteiger partial charge in [-0.3, -0.25) is 9.69 Å². The van der Waals surface area contributed by atoms with Gasteiger partial charge in [-0.15, -0.1) is 0 Å². The molecule has 2 heterocycles. The first-order chi connectivity index (χ1) is 11.7. The van der Waals surface area contributed by atoms with Gasteiger partial charge in [0.15, 0.2) is 5.78 Å². The standard InChI is InChI=1S/C19H25N3O2/c1-3-22-11-9-20-18(22)14-21-10-5-7-16(13-21)19(23)15-6-4-8-17(12-15)24-2/h4,6,8-9,11-12,16H,3,5,7,10,13-14H2,1-2H3/t16-/m1/s1. The van der Waals surface area contributed by atoms with Crippen LogP contribution in [-0.4, -0.2) is 40.4 Å². The van der Waals surface area contributed by atoms with Gasteiger partial charge in [-0.1, -0.05) is 12.1 Å². The second-order valence-corrected chi connectivity index (χ2v) is 6.30. The van der Waals surface area contributed by atoms with E-state index in [9.17, 15) is 4.79 Å². The molecule has 24 heavy (non-hydrogen) atoms. The molecule has 0 amide bonds. The molecule has 0 saturated carbocycles. The molecule has 2 aromatic rings. The van der Waals surface area contributed by atoms with E-state index in [-0.39, 0.29) is 11.7 Å². The van der Waals surface area contributed by atoms with Crippen LogP contribution < -0.4 is 4.74 Å². The predicted molar refractivity (Wildman–Crippen MR) is 93.2 cm³/mol. The van der Waals surface area contributed by atoms with Gasteiger partial charge in [-0.2, -0.15) is 0 Å². The fourth-order valence-corrected chi connectivity index (χ4v) is 3.40. The molecule has 0 N–H and O–H groups in total. The van der Waals surface area contributed by atoms with Crippen LogP contribution in [0.5, 0.6) is 5.75 Å². The van der Waals surface area contributed by atoms with Gasteiger partial charge in [0.25, 0.3) is 0 Å². The molecule has 0 unspecified atom stereocenters. The van der Waals surface area contributed by atoms with Crippen molar-refractivity contribution >= 4 is 5.78 Å². The van der Waals surface area contributed by atoms with Gasteiger partial charge in [0.1, 0.15) is 11.6 Å². The number of carbonyl (C=O) groups excluding carboxylic acids is 1. The van der Waals surface area contributed by atoms with Crippen molar-refractivity contribution in [2.45, 2.75) is 32.9 Å². The lowest BCUT2D eigenvalue weighted by atomic mass is 9.90. The van der Waals surface area contributed by atoms with Gasteiger partial charge in [-0.25, -0.2) is 4.98 Å². The number of benzene rings is 1. The average Bonchev–Trinajstić information content (AvgIpc) is 3.08. The van der Waals surface area contributed by atoms with E-state index in [1.54, 1.807) is 7.11 Å². The van der Waals surface area contributed by atoms with Crippen LogP contribution in [0.25, 0.3) is 0 Å². The first kappa shape index (κ1) is 16.7. The van der Waals surface area contributed by atoms with Crippen LogP contribution in [0.15, 0.2) is 36.7 Å². The van der Waals surface area contributed by atoms with E-state index in [2.05, 4.69) is 21.4 Å². The summed E-state index contributed by atoms with van der Waals surface area (Å²) in [7, 11) is 1.63. The van der Waals surface area contributed by atoms with Crippen LogP contribution in [0.1, 0.15) is 35.9 Å². The van der Waals surface area contributed by atoms with E-state index in [1.807, 2.05) is 36.7 Å². The van der Waals surface area contributed by atoms with Crippen LogP contribution in [0.4, 0.5) is 0 Å². The summed E-state index contributed by atoms with van der Waals surface area (Å²) in [5, 5.41) is 0. The molecular formula is C19H25N3O2. The Kier molecular flexibility index (Phi) is 5.30. The summed E-state index contributed by atoms with van der Waals surface area (Å²) in [5.41, 5.74) is 0.747. The minimum atomic E-state index is 0.0518. The maximum atomic E-state index is 12.8. The largest absolute Gasteiger partial charge is 0.497 e. The number of nitrogens with zero attached hydrogens (tertiary/aromatic N) is 3. The van der Waals surface area contributed by atoms with Crippen LogP contribution >= 0.6 is 0 Å². The van der Waals surface area contributed by atoms with Crippen molar-refractivity contribution in [1.29, 1.82) is 0 Å². The van der Waals surface area contributed by atoms with Crippen molar-refractivity contribution in [1.82, 2.24) is 14.5 Å². The summed E-state index contributed by atoms with van der Waals surface area (Å²) in [6.45, 7) is 5.68. The SMILES string of the molecule is CCn1ccnc1CN1CCC[C@@H](C(=O)c2cccc(OC)c2)C1. The molecule has 1 aliphatic rings. The van der Waals surface area contributed by atoms with Crippen molar-refractivity contribution in [2.24, 2.45) is 5.92 Å². The quantitative estimate of drug-likeness (QED) is 0.765. The molecule has 1 aromatic heterocycles. The Morgan fingerprint density at radius 3 is 3.08 bits per heavy atom. The lowest BCUT2D eigenvalue weighted by Crippen LogP contribution is -2.38. The monoisotopic (exact) mass is 327 g/mol. The smallest absolute Gasteiger partial charge is 0.167 e. The topological polar surface area (TPSA) is 47.4 Å². The third-order valence-electron chi connectivity index (χ3n) is 4.74. The number of carbonyl (C=O) groups is 1. The summed E-state index contributed by atoms with van der Waals surface area (Å²) < 4.78 is 7.40. The number of aryl methyl sites for hydroxylation is 1. The van der Waals surface area contributed by atoms with Crippen LogP contribution in [-0.2, 0) is 13.1 Å². The summed E-state index contributed by atoms with van der Waals surface area (Å²) in [5.74, 6) is 2.08. The molecule has 1 atom stereocenters. The summed E-state index contributed by atoms with van der Waals surface area (Å²) >= 11 is 0. The number of imidazole rings is 1. The number of rotatable bonds is 6. The zero-order valence-corrected chi connectivity index (χ0v) is 14.4. The molecule has 128 valence electrons. The summed E-state index contributed by atoms with van der Waals surface area (Å²) in [6.07, 6.45) is 5.86. The van der Waals surface area contributed by atoms with E-state index in [4.69, 9.17) is 4.74 Å². The van der Waals surface area contributed by atoms with Crippen LogP contribution in [0.3, 0.4) is 0 Å². The van der Waals surface area contributed by atoms with Crippen molar-refractivity contribution in [3.05, 3.63) is 48.0 Å². The van der Waals surface area contributed by atoms with Crippen molar-refractivity contribution in [3.8, 4) is 5.75 Å². The van der Waals surface area contributed by atoms with E-state index in [1.165, 1.54) is 0 Å². The third kappa shape index (κ3) is 3.67. The number of likely N-dealkylation sites (tertiary alicyclic amines) is 1. The Balaban J connectivity index is 1.67. The molecule has 3 rings (SSSR count). The third-order valence-corrected chi connectivity index (χ3v) is 4.74. The lowest BCUT2D eigenvalue weighted by molar-refractivity contribution is 0.0807. The van der Waals surface area contributed by atoms with E-state index >= 15 is 0 Å². The fourth-order valence-electron chi connectivity index (χ4n) is 3.40. The zero-order chi connectivity index (χ0) is 16.9. The Morgan fingerprint density at radius 1 is 1.42 bits per heavy atom. The average molecular weight is 327 g/mol. The Labute approximate surface area is 143 Å². The normalized spacial score (nSPS) is 18.5. The number of Topliss-reactive ketones (excluding diaryl/α,β-unsaturated/α-hetero) is 1. The molecule has 1 aliphatic heterocycles. The van der Waals surface area contributed by atoms with Gasteiger partial charge in [-0.05, 0) is 38.4 Å². The van der Waals surface area contributed by atoms with E-state index < -0.39 is 0 Å². The highest BCUT2D eigenvalue weighted by atomic mass is 16.5. The lowest BCUT2D eigenvalue weighted by Gasteiger charge is -2.31. The Morgan fingerprint density at radius 2 is 2.29 bits per heavy atom. The first-order valence-corrected chi connectivity index (χ1v) is 8.62. The molecule has 0 radical (unpaired) electrons. The number of piperidine rings is 1. The summed E-state index contributed by atoms with van der Waals surface area (Å²) in [4.78, 5) is 19.6. The predicted octanol–water partition coefficient (Wildman–Crippen LogP) is 3.01. The van der Waals surface area contributed by atoms with E-state index in [0.29, 0.717) is 0 Å². The van der Waals surface area contributed by atoms with Gasteiger partial charge in [0.05, 0.1) is 13.7 Å². The second kappa shape index (κ2) is 7.62. The minimum Gasteiger partial charge on any atom is -0.497 e. The zero-order valence-electron chi connectivity index (χ0n) is 14.4. The highest BCUT2D eigenvalue weighted by molar-refractivity contribution is 5.98. The van der Waals surface area contributed by atoms with Crippen molar-refractivity contribution in [3.63, 3.8) is 0 Å². The van der Waals surface area contributed by atoms with Gasteiger partial charge in [0, 0.05) is 37.0 Å². The highest BCUT2D eigenvalue weighted by Crippen LogP contribution is 2.24. The molecule has 5 nitrogen and oxygen atoms in total. The van der Waals surface area contributed by atoms with Crippen molar-refractivity contribution in [2.75, 3.05) is 20.2 Å². The molecule has 0 bridgehead atoms. The first-order valence-electron chi connectivity index (χ1n) is 8.62. The van der Waals surface area contributed by atoms with Crippen LogP contribution in [0, 0.1) is 5.92 Å². The number of ether oxygens (including phenoxy) is 1. The maximum Gasteiger partial charge on any atom is 0.167 e. The Hall–Kier alpha value is -2.14. The molecule has 5 heteroatoms.